The van der Waals surface area contributed by atoms with Gasteiger partial charge in [-0.3, -0.25) is 14.9 Å². The van der Waals surface area contributed by atoms with Crippen LogP contribution in [0.5, 0.6) is 0 Å². The van der Waals surface area contributed by atoms with E-state index >= 15 is 0 Å². The number of amides is 2. The van der Waals surface area contributed by atoms with Gasteiger partial charge in [-0.1, -0.05) is 0 Å². The molecule has 4 heteroatoms. The lowest BCUT2D eigenvalue weighted by Crippen LogP contribution is -2.62. The Morgan fingerprint density at radius 3 is 2.92 bits per heavy atom. The first-order valence-corrected chi connectivity index (χ1v) is 4.35. The first kappa shape index (κ1) is 6.60. The van der Waals surface area contributed by atoms with Gasteiger partial charge in [-0.25, -0.2) is 0 Å². The van der Waals surface area contributed by atoms with Gasteiger partial charge in [-0.05, 0) is 25.3 Å². The van der Waals surface area contributed by atoms with Gasteiger partial charge in [0, 0.05) is 0 Å². The maximum absolute atomic E-state index is 11.5. The first-order valence-electron chi connectivity index (χ1n) is 4.35. The van der Waals surface area contributed by atoms with Crippen LogP contribution in [0.1, 0.15) is 12.8 Å². The second-order valence-electron chi connectivity index (χ2n) is 3.89. The highest BCUT2D eigenvalue weighted by molar-refractivity contribution is 6.11. The number of rotatable bonds is 0. The van der Waals surface area contributed by atoms with Gasteiger partial charge in [0.05, 0.1) is 5.92 Å². The fourth-order valence-electron chi connectivity index (χ4n) is 2.89. The average Bonchev–Trinajstić information content (AvgIpc) is 2.37. The molecule has 4 nitrogen and oxygen atoms in total. The quantitative estimate of drug-likeness (QED) is 0.454. The zero-order chi connectivity index (χ0) is 8.34. The summed E-state index contributed by atoms with van der Waals surface area (Å²) in [6, 6.07) is 0. The van der Waals surface area contributed by atoms with Crippen molar-refractivity contribution in [1.29, 1.82) is 0 Å². The molecule has 0 aromatic carbocycles. The van der Waals surface area contributed by atoms with E-state index in [1.54, 1.807) is 0 Å². The molecule has 1 aliphatic carbocycles. The molecule has 0 aromatic heterocycles. The lowest BCUT2D eigenvalue weighted by molar-refractivity contribution is -0.131. The third-order valence-electron chi connectivity index (χ3n) is 3.55. The van der Waals surface area contributed by atoms with E-state index in [-0.39, 0.29) is 17.7 Å². The van der Waals surface area contributed by atoms with Crippen molar-refractivity contribution in [2.45, 2.75) is 18.4 Å². The molecular formula is C8H10N2O2. The minimum absolute atomic E-state index is 0.0718. The molecule has 1 spiro atoms. The van der Waals surface area contributed by atoms with E-state index in [4.69, 9.17) is 0 Å². The van der Waals surface area contributed by atoms with Crippen LogP contribution in [0.15, 0.2) is 0 Å². The Kier molecular flexibility index (Phi) is 0.942. The molecule has 64 valence electrons. The smallest absolute Gasteiger partial charge is 0.247 e. The molecular weight excluding hydrogens is 156 g/mol. The van der Waals surface area contributed by atoms with Gasteiger partial charge in [0.15, 0.2) is 0 Å². The predicted molar refractivity (Wildman–Crippen MR) is 40.1 cm³/mol. The Hall–Kier alpha value is -0.900. The minimum Gasteiger partial charge on any atom is -0.302 e. The van der Waals surface area contributed by atoms with E-state index in [0.717, 1.165) is 19.4 Å². The normalized spacial score (nSPS) is 49.7. The molecule has 1 saturated carbocycles. The number of carbonyl (C=O) groups excluding carboxylic acids is 2. The summed E-state index contributed by atoms with van der Waals surface area (Å²) in [4.78, 5) is 22.7. The van der Waals surface area contributed by atoms with E-state index in [1.807, 2.05) is 0 Å². The Morgan fingerprint density at radius 2 is 2.25 bits per heavy atom. The number of nitrogens with one attached hydrogen (secondary N) is 2. The molecule has 3 fully saturated rings. The van der Waals surface area contributed by atoms with Crippen LogP contribution in [0, 0.1) is 11.8 Å². The third kappa shape index (κ3) is 0.458. The van der Waals surface area contributed by atoms with Crippen molar-refractivity contribution < 1.29 is 9.59 Å². The minimum atomic E-state index is -0.475. The van der Waals surface area contributed by atoms with Gasteiger partial charge in [-0.15, -0.1) is 0 Å². The maximum Gasteiger partial charge on any atom is 0.247 e. The number of hydrogen-bond donors (Lipinski definition) is 2. The number of carbonyl (C=O) groups is 2. The molecule has 2 heterocycles. The van der Waals surface area contributed by atoms with Crippen LogP contribution in [0.4, 0.5) is 0 Å². The van der Waals surface area contributed by atoms with Crippen molar-refractivity contribution in [1.82, 2.24) is 10.6 Å². The highest BCUT2D eigenvalue weighted by Crippen LogP contribution is 2.52. The highest BCUT2D eigenvalue weighted by Gasteiger charge is 2.68. The van der Waals surface area contributed by atoms with E-state index in [2.05, 4.69) is 10.6 Å². The van der Waals surface area contributed by atoms with E-state index in [1.165, 1.54) is 0 Å². The van der Waals surface area contributed by atoms with Gasteiger partial charge in [0.25, 0.3) is 0 Å². The van der Waals surface area contributed by atoms with Crippen LogP contribution in [-0.2, 0) is 9.59 Å². The van der Waals surface area contributed by atoms with E-state index in [9.17, 15) is 9.59 Å². The highest BCUT2D eigenvalue weighted by atomic mass is 16.2. The summed E-state index contributed by atoms with van der Waals surface area (Å²) < 4.78 is 0. The largest absolute Gasteiger partial charge is 0.302 e. The number of imide groups is 1. The van der Waals surface area contributed by atoms with E-state index in [0.29, 0.717) is 5.92 Å². The molecule has 0 bridgehead atoms. The van der Waals surface area contributed by atoms with Crippen molar-refractivity contribution in [2.75, 3.05) is 6.54 Å². The molecule has 3 rings (SSSR count). The second-order valence-corrected chi connectivity index (χ2v) is 3.89. The zero-order valence-electron chi connectivity index (χ0n) is 6.59. The summed E-state index contributed by atoms with van der Waals surface area (Å²) in [5.41, 5.74) is -0.475. The molecule has 2 amide bonds. The SMILES string of the molecule is O=C1NC(=O)C23NCC[C@H]2C[C@H]13. The molecule has 2 aliphatic heterocycles. The summed E-state index contributed by atoms with van der Waals surface area (Å²) in [5.74, 6) is 0.170. The second kappa shape index (κ2) is 1.71. The predicted octanol–water partition coefficient (Wildman–Crippen LogP) is -0.989. The average molecular weight is 166 g/mol. The third-order valence-corrected chi connectivity index (χ3v) is 3.55. The van der Waals surface area contributed by atoms with Crippen molar-refractivity contribution in [3.8, 4) is 0 Å². The van der Waals surface area contributed by atoms with E-state index < -0.39 is 5.54 Å². The van der Waals surface area contributed by atoms with Crippen molar-refractivity contribution >= 4 is 11.8 Å². The van der Waals surface area contributed by atoms with Gasteiger partial charge in [-0.2, -0.15) is 0 Å². The monoisotopic (exact) mass is 166 g/mol. The molecule has 3 atom stereocenters. The molecule has 0 aromatic rings. The molecule has 1 unspecified atom stereocenters. The summed E-state index contributed by atoms with van der Waals surface area (Å²) in [7, 11) is 0. The maximum atomic E-state index is 11.5. The lowest BCUT2D eigenvalue weighted by atomic mass is 9.61. The summed E-state index contributed by atoms with van der Waals surface area (Å²) >= 11 is 0. The van der Waals surface area contributed by atoms with Gasteiger partial charge in [0.1, 0.15) is 5.54 Å². The number of hydrogen-bond acceptors (Lipinski definition) is 3. The first-order chi connectivity index (χ1) is 5.75. The zero-order valence-corrected chi connectivity index (χ0v) is 6.59. The fourth-order valence-corrected chi connectivity index (χ4v) is 2.89. The summed E-state index contributed by atoms with van der Waals surface area (Å²) in [6.45, 7) is 0.877. The Morgan fingerprint density at radius 1 is 1.42 bits per heavy atom. The van der Waals surface area contributed by atoms with Crippen molar-refractivity contribution in [3.63, 3.8) is 0 Å². The van der Waals surface area contributed by atoms with Crippen LogP contribution >= 0.6 is 0 Å². The van der Waals surface area contributed by atoms with Crippen LogP contribution < -0.4 is 10.6 Å². The van der Waals surface area contributed by atoms with Crippen LogP contribution in [0.2, 0.25) is 0 Å². The Bertz CT molecular complexity index is 289. The molecule has 3 aliphatic rings. The van der Waals surface area contributed by atoms with Crippen LogP contribution in [-0.4, -0.2) is 23.9 Å². The standard InChI is InChI=1S/C8H10N2O2/c11-6-5-3-4-1-2-9-8(4,5)7(12)10-6/h4-5,9H,1-3H2,(H,10,11,12)/t4-,5+,8?/m0/s1. The fraction of sp³-hybridized carbons (Fsp3) is 0.750. The van der Waals surface area contributed by atoms with Gasteiger partial charge < -0.3 is 5.32 Å². The molecule has 12 heavy (non-hydrogen) atoms. The van der Waals surface area contributed by atoms with Crippen molar-refractivity contribution in [2.24, 2.45) is 11.8 Å². The Labute approximate surface area is 69.7 Å². The summed E-state index contributed by atoms with van der Waals surface area (Å²) in [6.07, 6.45) is 1.93. The molecule has 0 radical (unpaired) electrons. The lowest BCUT2D eigenvalue weighted by Gasteiger charge is -2.43. The summed E-state index contributed by atoms with van der Waals surface area (Å²) in [5, 5.41) is 5.58. The van der Waals surface area contributed by atoms with Crippen LogP contribution in [0.3, 0.4) is 0 Å². The van der Waals surface area contributed by atoms with Crippen molar-refractivity contribution in [3.05, 3.63) is 0 Å². The van der Waals surface area contributed by atoms with Crippen LogP contribution in [0.25, 0.3) is 0 Å². The Balaban J connectivity index is 2.07. The molecule has 2 N–H and O–H groups in total. The molecule has 2 saturated heterocycles. The van der Waals surface area contributed by atoms with Gasteiger partial charge in [0.2, 0.25) is 11.8 Å². The topological polar surface area (TPSA) is 58.2 Å². The van der Waals surface area contributed by atoms with Gasteiger partial charge >= 0.3 is 0 Å².